The highest BCUT2D eigenvalue weighted by Crippen LogP contribution is 2.56. The van der Waals surface area contributed by atoms with Gasteiger partial charge in [-0.25, -0.2) is 4.79 Å². The third kappa shape index (κ3) is 21.9. The first-order valence-electron chi connectivity index (χ1n) is 31.4. The van der Waals surface area contributed by atoms with Crippen molar-refractivity contribution in [2.45, 2.75) is 183 Å². The van der Waals surface area contributed by atoms with Crippen molar-refractivity contribution in [3.8, 4) is 5.75 Å². The standard InChI is InChI=1S/C63H97N7O22S2/c1-8-62(4,5)90-27-45-51(79)52(80)53(81)61(91-45)92-54-49-37(22-46(74)63(49,6)24-38-34(26-89-7)13-16-36(38)32(3)50(54)78)31(2)28-93-20-10-9-19-66-59(86)44(73)30-94-29-43(60(87)88)70-57(84)41(23-48(76)77)68-56(83)40(21-33-11-14-35(72)15-12-33)67-58(85)42(25-71)69-55(82)39(64)17-18-47(65)75/h8,11-12,14-15,24,31-32,34,36,39-46,50-54,61,71-74,78-81H,1,9-10,13,16-23,25-30,64H2,2-7H3,(H2,65,75)(H,66,86)(H,67,85)(H,68,83)(H,69,82)(H,70,84)(H,76,77)(H,87,88)/b38-24-/t31-,32-,34-,36+,39+,40+,41+,42+,43+,44-,45+,46+,50-,51+,52-,53+,54-,61+,63+/m1/s1. The van der Waals surface area contributed by atoms with Gasteiger partial charge < -0.3 is 108 Å². The third-order valence-electron chi connectivity index (χ3n) is 17.8. The van der Waals surface area contributed by atoms with E-state index in [1.54, 1.807) is 38.8 Å². The molecule has 4 aliphatic rings. The van der Waals surface area contributed by atoms with Crippen molar-refractivity contribution in [2.24, 2.45) is 40.6 Å². The Morgan fingerprint density at radius 2 is 1.47 bits per heavy atom. The van der Waals surface area contributed by atoms with Gasteiger partial charge in [-0.15, -0.1) is 6.58 Å². The molecule has 0 unspecified atom stereocenters. The lowest BCUT2D eigenvalue weighted by atomic mass is 9.68. The molecule has 1 heterocycles. The van der Waals surface area contributed by atoms with E-state index in [1.807, 2.05) is 20.8 Å². The number of phenols is 1. The molecule has 19 atom stereocenters. The van der Waals surface area contributed by atoms with Crippen molar-refractivity contribution >= 4 is 70.9 Å². The Morgan fingerprint density at radius 1 is 0.830 bits per heavy atom. The molecule has 1 aromatic rings. The Bertz CT molecular complexity index is 2830. The molecule has 94 heavy (non-hydrogen) atoms. The van der Waals surface area contributed by atoms with Crippen LogP contribution in [0.5, 0.6) is 5.75 Å². The van der Waals surface area contributed by atoms with Gasteiger partial charge in [-0.05, 0) is 112 Å². The van der Waals surface area contributed by atoms with Crippen molar-refractivity contribution in [2.75, 3.05) is 56.5 Å². The lowest BCUT2D eigenvalue weighted by Gasteiger charge is -2.46. The van der Waals surface area contributed by atoms with E-state index in [0.717, 1.165) is 35.7 Å². The maximum atomic E-state index is 13.8. The second kappa shape index (κ2) is 36.5. The number of aliphatic hydroxyl groups is 7. The quantitative estimate of drug-likeness (QED) is 0.0257. The number of primary amides is 1. The second-order valence-electron chi connectivity index (χ2n) is 25.3. The first-order valence-corrected chi connectivity index (χ1v) is 33.7. The largest absolute Gasteiger partial charge is 0.508 e. The third-order valence-corrected chi connectivity index (χ3v) is 20.2. The number of hydrogen-bond acceptors (Lipinski definition) is 23. The van der Waals surface area contributed by atoms with E-state index < -0.39 is 163 Å². The number of carbonyl (C=O) groups is 8. The number of methoxy groups -OCH3 is 1. The molecular weight excluding hydrogens is 1270 g/mol. The van der Waals surface area contributed by atoms with Crippen LogP contribution in [-0.4, -0.2) is 246 Å². The SMILES string of the molecule is C=CC(C)(C)OC[C@@H]1O[C@@H](O[C@@H]2C3=C([C@H](C)CSCCCCNC(=O)[C@H](O)CSC[C@H](NC(=O)[C@H](CC(=O)O)NC(=O)[C@H](Cc4ccc(O)cc4)NC(=O)[C@H](CO)NC(=O)[C@@H](N)CCC(N)=O)C(=O)O)C[C@H](O)[C@]3(C)/C=C3/[C@@H](COC)CC[C@H]3[C@@H](C)[C@H]2O)[C@@H](O)[C@H](O)[C@H]1O. The Morgan fingerprint density at radius 3 is 2.10 bits per heavy atom. The van der Waals surface area contributed by atoms with Crippen LogP contribution in [0.25, 0.3) is 0 Å². The number of phenolic OH excluding ortho intramolecular Hbond substituents is 1. The summed E-state index contributed by atoms with van der Waals surface area (Å²) >= 11 is 2.40. The van der Waals surface area contributed by atoms with Crippen molar-refractivity contribution in [3.05, 3.63) is 65.3 Å². The number of unbranched alkanes of at least 4 members (excludes halogenated alkanes) is 1. The van der Waals surface area contributed by atoms with Crippen LogP contribution < -0.4 is 38.1 Å². The lowest BCUT2D eigenvalue weighted by Crippen LogP contribution is -2.61. The van der Waals surface area contributed by atoms with Crippen LogP contribution >= 0.6 is 23.5 Å². The molecule has 31 heteroatoms. The lowest BCUT2D eigenvalue weighted by molar-refractivity contribution is -0.319. The van der Waals surface area contributed by atoms with E-state index >= 15 is 0 Å². The fourth-order valence-corrected chi connectivity index (χ4v) is 14.1. The molecule has 0 spiro atoms. The Balaban J connectivity index is 1.16. The van der Waals surface area contributed by atoms with E-state index in [4.69, 9.17) is 30.4 Å². The number of rotatable bonds is 38. The molecule has 2 fully saturated rings. The van der Waals surface area contributed by atoms with Gasteiger partial charge in [-0.2, -0.15) is 23.5 Å². The van der Waals surface area contributed by atoms with Crippen molar-refractivity contribution in [1.82, 2.24) is 26.6 Å². The minimum absolute atomic E-state index is 0.0600. The van der Waals surface area contributed by atoms with Crippen molar-refractivity contribution in [1.29, 1.82) is 0 Å². The summed E-state index contributed by atoms with van der Waals surface area (Å²) in [6.07, 6.45) is -7.67. The highest BCUT2D eigenvalue weighted by atomic mass is 32.2. The van der Waals surface area contributed by atoms with Crippen molar-refractivity contribution in [3.63, 3.8) is 0 Å². The van der Waals surface area contributed by atoms with E-state index in [-0.39, 0.29) is 74.0 Å². The van der Waals surface area contributed by atoms with Gasteiger partial charge in [0.05, 0.1) is 50.1 Å². The summed E-state index contributed by atoms with van der Waals surface area (Å²) in [7, 11) is 1.64. The number of ether oxygens (including phenoxy) is 4. The number of aliphatic hydroxyl groups excluding tert-OH is 7. The van der Waals surface area contributed by atoms with Gasteiger partial charge in [0.15, 0.2) is 6.29 Å². The average Bonchev–Trinajstić information content (AvgIpc) is 1.54. The van der Waals surface area contributed by atoms with E-state index in [0.29, 0.717) is 42.1 Å². The van der Waals surface area contributed by atoms with Gasteiger partial charge in [0.25, 0.3) is 0 Å². The topological polar surface area (TPSA) is 488 Å². The molecule has 5 rings (SSSR count). The second-order valence-corrected chi connectivity index (χ2v) is 27.6. The van der Waals surface area contributed by atoms with Crippen LogP contribution in [0.15, 0.2) is 59.7 Å². The van der Waals surface area contributed by atoms with Crippen LogP contribution in [0.3, 0.4) is 0 Å². The van der Waals surface area contributed by atoms with Gasteiger partial charge in [0.1, 0.15) is 66.5 Å². The van der Waals surface area contributed by atoms with Crippen LogP contribution in [0, 0.1) is 29.1 Å². The number of carbonyl (C=O) groups excluding carboxylic acids is 6. The number of thioether (sulfide) groups is 2. The van der Waals surface area contributed by atoms with E-state index in [9.17, 15) is 89.4 Å². The van der Waals surface area contributed by atoms with Crippen LogP contribution in [0.1, 0.15) is 91.5 Å². The Kier molecular flexibility index (Phi) is 30.7. The number of fused-ring (bicyclic) bond motifs is 2. The molecule has 6 amide bonds. The minimum Gasteiger partial charge on any atom is -0.508 e. The van der Waals surface area contributed by atoms with Crippen molar-refractivity contribution < 1.29 is 108 Å². The predicted octanol–water partition coefficient (Wildman–Crippen LogP) is -1.77. The molecule has 0 bridgehead atoms. The number of benzene rings is 1. The highest BCUT2D eigenvalue weighted by molar-refractivity contribution is 7.99. The molecule has 19 N–H and O–H groups in total. The molecule has 1 saturated carbocycles. The summed E-state index contributed by atoms with van der Waals surface area (Å²) in [4.78, 5) is 102. The molecule has 1 aliphatic heterocycles. The van der Waals surface area contributed by atoms with Crippen LogP contribution in [0.4, 0.5) is 0 Å². The van der Waals surface area contributed by atoms with Gasteiger partial charge in [0.2, 0.25) is 35.4 Å². The minimum atomic E-state index is -1.95. The van der Waals surface area contributed by atoms with Gasteiger partial charge in [-0.3, -0.25) is 33.6 Å². The molecule has 0 aromatic heterocycles. The number of amides is 6. The number of aromatic hydroxyl groups is 1. The van der Waals surface area contributed by atoms with Crippen LogP contribution in [-0.2, 0) is 63.7 Å². The first-order chi connectivity index (χ1) is 44.3. The maximum Gasteiger partial charge on any atom is 0.327 e. The molecule has 1 aromatic carbocycles. The predicted molar refractivity (Wildman–Crippen MR) is 344 cm³/mol. The highest BCUT2D eigenvalue weighted by Gasteiger charge is 2.55. The fourth-order valence-electron chi connectivity index (χ4n) is 12.0. The molecular formula is C63H97N7O22S2. The van der Waals surface area contributed by atoms with E-state index in [1.165, 1.54) is 24.3 Å². The number of nitrogens with one attached hydrogen (secondary N) is 5. The molecule has 0 radical (unpaired) electrons. The summed E-state index contributed by atoms with van der Waals surface area (Å²) in [5.74, 6) is -9.47. The molecule has 1 saturated heterocycles. The summed E-state index contributed by atoms with van der Waals surface area (Å²) in [6.45, 7) is 12.7. The maximum absolute atomic E-state index is 13.8. The summed E-state index contributed by atoms with van der Waals surface area (Å²) in [5, 5.41) is 120. The summed E-state index contributed by atoms with van der Waals surface area (Å²) in [5.41, 5.74) is 12.0. The Labute approximate surface area is 555 Å². The fraction of sp³-hybridized carbons (Fsp3) is 0.683. The van der Waals surface area contributed by atoms with Crippen LogP contribution in [0.2, 0.25) is 0 Å². The number of nitrogens with two attached hydrogens (primary N) is 2. The summed E-state index contributed by atoms with van der Waals surface area (Å²) in [6, 6.07) is -3.06. The number of carboxylic acid groups (broad SMARTS) is 2. The monoisotopic (exact) mass is 1370 g/mol. The average molecular weight is 1370 g/mol. The number of hydrogen-bond donors (Lipinski definition) is 17. The number of aliphatic carboxylic acids is 2. The molecule has 528 valence electrons. The van der Waals surface area contributed by atoms with Gasteiger partial charge in [0, 0.05) is 49.3 Å². The smallest absolute Gasteiger partial charge is 0.327 e. The zero-order valence-corrected chi connectivity index (χ0v) is 55.6. The van der Waals surface area contributed by atoms with Gasteiger partial charge >= 0.3 is 11.9 Å². The molecule has 3 aliphatic carbocycles. The normalized spacial score (nSPS) is 28.0. The van der Waals surface area contributed by atoms with E-state index in [2.05, 4.69) is 39.2 Å². The molecule has 29 nitrogen and oxygen atoms in total. The first kappa shape index (κ1) is 78.9. The van der Waals surface area contributed by atoms with Gasteiger partial charge in [-0.1, -0.05) is 49.3 Å². The zero-order valence-electron chi connectivity index (χ0n) is 53.9. The summed E-state index contributed by atoms with van der Waals surface area (Å²) < 4.78 is 24.4. The zero-order chi connectivity index (χ0) is 69.9. The number of carboxylic acids is 2. The Hall–Kier alpha value is -5.78.